The van der Waals surface area contributed by atoms with E-state index in [1.165, 1.54) is 25.3 Å². The monoisotopic (exact) mass is 353 g/mol. The number of nitrogens with one attached hydrogen (secondary N) is 1. The first-order valence-corrected chi connectivity index (χ1v) is 8.71. The third-order valence-electron chi connectivity index (χ3n) is 3.20. The molecule has 0 atom stereocenters. The largest absolute Gasteiger partial charge is 0.465 e. The minimum Gasteiger partial charge on any atom is -0.465 e. The summed E-state index contributed by atoms with van der Waals surface area (Å²) in [5.41, 5.74) is 1.16. The van der Waals surface area contributed by atoms with Gasteiger partial charge >= 0.3 is 5.97 Å². The zero-order valence-corrected chi connectivity index (χ0v) is 14.0. The predicted octanol–water partition coefficient (Wildman–Crippen LogP) is 2.65. The highest BCUT2D eigenvalue weighted by Crippen LogP contribution is 2.21. The molecule has 0 fully saturated rings. The summed E-state index contributed by atoms with van der Waals surface area (Å²) in [6, 6.07) is 13.4. The summed E-state index contributed by atoms with van der Waals surface area (Å²) in [6.07, 6.45) is 0.577. The molecule has 0 unspecified atom stereocenters. The first-order valence-electron chi connectivity index (χ1n) is 6.85. The van der Waals surface area contributed by atoms with Crippen LogP contribution in [-0.2, 0) is 21.2 Å². The van der Waals surface area contributed by atoms with Crippen molar-refractivity contribution in [2.45, 2.75) is 11.3 Å². The molecule has 0 saturated heterocycles. The Morgan fingerprint density at radius 2 is 1.87 bits per heavy atom. The molecule has 0 aliphatic carbocycles. The Bertz CT molecular complexity index is 791. The molecular weight excluding hydrogens is 338 g/mol. The van der Waals surface area contributed by atoms with E-state index in [1.54, 1.807) is 0 Å². The second kappa shape index (κ2) is 7.59. The van der Waals surface area contributed by atoms with Crippen molar-refractivity contribution < 1.29 is 17.9 Å². The summed E-state index contributed by atoms with van der Waals surface area (Å²) in [5.74, 6) is -0.615. The number of hydrogen-bond acceptors (Lipinski definition) is 4. The van der Waals surface area contributed by atoms with E-state index < -0.39 is 16.0 Å². The minimum atomic E-state index is -3.69. The van der Waals surface area contributed by atoms with E-state index in [9.17, 15) is 13.2 Å². The van der Waals surface area contributed by atoms with Crippen LogP contribution in [0.2, 0.25) is 5.02 Å². The van der Waals surface area contributed by atoms with Crippen LogP contribution in [0.4, 0.5) is 0 Å². The lowest BCUT2D eigenvalue weighted by Gasteiger charge is -2.09. The van der Waals surface area contributed by atoms with Gasteiger partial charge in [0.2, 0.25) is 10.0 Å². The maximum Gasteiger partial charge on any atom is 0.339 e. The molecule has 0 saturated carbocycles. The van der Waals surface area contributed by atoms with Gasteiger partial charge in [-0.2, -0.15) is 0 Å². The molecule has 5 nitrogen and oxygen atoms in total. The van der Waals surface area contributed by atoms with Crippen molar-refractivity contribution in [1.82, 2.24) is 4.72 Å². The summed E-state index contributed by atoms with van der Waals surface area (Å²) >= 11 is 5.95. The Morgan fingerprint density at radius 3 is 2.48 bits per heavy atom. The third kappa shape index (κ3) is 4.54. The first kappa shape index (κ1) is 17.5. The summed E-state index contributed by atoms with van der Waals surface area (Å²) in [5, 5.41) is 0.0304. The van der Waals surface area contributed by atoms with Crippen molar-refractivity contribution in [3.63, 3.8) is 0 Å². The Kier molecular flexibility index (Phi) is 5.76. The molecule has 122 valence electrons. The molecule has 0 amide bonds. The fraction of sp³-hybridized carbons (Fsp3) is 0.188. The van der Waals surface area contributed by atoms with Gasteiger partial charge in [-0.3, -0.25) is 0 Å². The molecular formula is C16H16ClNO4S. The van der Waals surface area contributed by atoms with E-state index in [2.05, 4.69) is 9.46 Å². The lowest BCUT2D eigenvalue weighted by Crippen LogP contribution is -2.26. The van der Waals surface area contributed by atoms with Gasteiger partial charge < -0.3 is 4.74 Å². The fourth-order valence-electron chi connectivity index (χ4n) is 2.00. The second-order valence-corrected chi connectivity index (χ2v) is 6.94. The molecule has 0 bridgehead atoms. The number of carbonyl (C=O) groups excluding carboxylic acids is 1. The second-order valence-electron chi connectivity index (χ2n) is 4.77. The van der Waals surface area contributed by atoms with Crippen LogP contribution in [0.1, 0.15) is 15.9 Å². The molecule has 1 N–H and O–H groups in total. The SMILES string of the molecule is COC(=O)c1ccc(S(=O)(=O)NCCc2ccccc2)cc1Cl. The van der Waals surface area contributed by atoms with Crippen molar-refractivity contribution in [1.29, 1.82) is 0 Å². The highest BCUT2D eigenvalue weighted by molar-refractivity contribution is 7.89. The number of carbonyl (C=O) groups is 1. The van der Waals surface area contributed by atoms with E-state index in [0.29, 0.717) is 6.42 Å². The predicted molar refractivity (Wildman–Crippen MR) is 88.1 cm³/mol. The van der Waals surface area contributed by atoms with Gasteiger partial charge in [-0.1, -0.05) is 41.9 Å². The van der Waals surface area contributed by atoms with Gasteiger partial charge in [0.15, 0.2) is 0 Å². The number of methoxy groups -OCH3 is 1. The molecule has 0 aromatic heterocycles. The van der Waals surface area contributed by atoms with Gasteiger partial charge in [-0.15, -0.1) is 0 Å². The molecule has 0 aliphatic heterocycles. The Morgan fingerprint density at radius 1 is 1.17 bits per heavy atom. The lowest BCUT2D eigenvalue weighted by atomic mass is 10.2. The zero-order chi connectivity index (χ0) is 16.9. The normalized spacial score (nSPS) is 11.2. The van der Waals surface area contributed by atoms with Crippen molar-refractivity contribution in [2.24, 2.45) is 0 Å². The standard InChI is InChI=1S/C16H16ClNO4S/c1-22-16(19)14-8-7-13(11-15(14)17)23(20,21)18-10-9-12-5-3-2-4-6-12/h2-8,11,18H,9-10H2,1H3. The molecule has 2 aromatic rings. The van der Waals surface area contributed by atoms with Crippen molar-refractivity contribution in [2.75, 3.05) is 13.7 Å². The maximum absolute atomic E-state index is 12.2. The summed E-state index contributed by atoms with van der Waals surface area (Å²) in [6.45, 7) is 0.267. The molecule has 7 heteroatoms. The van der Waals surface area contributed by atoms with Gasteiger partial charge in [0.05, 0.1) is 22.6 Å². The van der Waals surface area contributed by atoms with Crippen LogP contribution in [0, 0.1) is 0 Å². The molecule has 23 heavy (non-hydrogen) atoms. The number of halogens is 1. The highest BCUT2D eigenvalue weighted by Gasteiger charge is 2.18. The highest BCUT2D eigenvalue weighted by atomic mass is 35.5. The molecule has 0 heterocycles. The van der Waals surface area contributed by atoms with Gasteiger partial charge in [-0.25, -0.2) is 17.9 Å². The molecule has 0 radical (unpaired) electrons. The van der Waals surface area contributed by atoms with E-state index in [-0.39, 0.29) is 22.0 Å². The van der Waals surface area contributed by atoms with Crippen molar-refractivity contribution in [3.8, 4) is 0 Å². The quantitative estimate of drug-likeness (QED) is 0.810. The van der Waals surface area contributed by atoms with Crippen LogP contribution < -0.4 is 4.72 Å². The summed E-state index contributed by atoms with van der Waals surface area (Å²) < 4.78 is 31.6. The first-order chi connectivity index (χ1) is 10.9. The Labute approximate surface area is 140 Å². The van der Waals surface area contributed by atoms with Crippen LogP contribution in [-0.4, -0.2) is 28.0 Å². The number of benzene rings is 2. The number of esters is 1. The van der Waals surface area contributed by atoms with Gasteiger partial charge in [-0.05, 0) is 30.2 Å². The van der Waals surface area contributed by atoms with Gasteiger partial charge in [0.25, 0.3) is 0 Å². The average Bonchev–Trinajstić information content (AvgIpc) is 2.55. The zero-order valence-electron chi connectivity index (χ0n) is 12.5. The van der Waals surface area contributed by atoms with Crippen LogP contribution in [0.5, 0.6) is 0 Å². The van der Waals surface area contributed by atoms with E-state index in [4.69, 9.17) is 11.6 Å². The minimum absolute atomic E-state index is 0.00298. The average molecular weight is 354 g/mol. The fourth-order valence-corrected chi connectivity index (χ4v) is 3.38. The van der Waals surface area contributed by atoms with E-state index in [0.717, 1.165) is 5.56 Å². The van der Waals surface area contributed by atoms with E-state index >= 15 is 0 Å². The van der Waals surface area contributed by atoms with Gasteiger partial charge in [0.1, 0.15) is 0 Å². The molecule has 0 aliphatic rings. The lowest BCUT2D eigenvalue weighted by molar-refractivity contribution is 0.0601. The number of ether oxygens (including phenoxy) is 1. The number of rotatable bonds is 6. The van der Waals surface area contributed by atoms with E-state index in [1.807, 2.05) is 30.3 Å². The Balaban J connectivity index is 2.07. The topological polar surface area (TPSA) is 72.5 Å². The molecule has 2 aromatic carbocycles. The van der Waals surface area contributed by atoms with Crippen molar-refractivity contribution in [3.05, 3.63) is 64.7 Å². The maximum atomic E-state index is 12.2. The smallest absolute Gasteiger partial charge is 0.339 e. The number of hydrogen-bond donors (Lipinski definition) is 1. The third-order valence-corrected chi connectivity index (χ3v) is 4.98. The van der Waals surface area contributed by atoms with Crippen molar-refractivity contribution >= 4 is 27.6 Å². The van der Waals surface area contributed by atoms with Gasteiger partial charge in [0, 0.05) is 6.54 Å². The molecule has 2 rings (SSSR count). The molecule has 0 spiro atoms. The number of sulfonamides is 1. The summed E-state index contributed by atoms with van der Waals surface area (Å²) in [4.78, 5) is 11.5. The Hall–Kier alpha value is -1.89. The van der Waals surface area contributed by atoms with Crippen LogP contribution in [0.15, 0.2) is 53.4 Å². The summed E-state index contributed by atoms with van der Waals surface area (Å²) in [7, 11) is -2.46. The van der Waals surface area contributed by atoms with Crippen LogP contribution in [0.3, 0.4) is 0 Å². The van der Waals surface area contributed by atoms with Crippen LogP contribution >= 0.6 is 11.6 Å². The van der Waals surface area contributed by atoms with Crippen LogP contribution in [0.25, 0.3) is 0 Å².